The van der Waals surface area contributed by atoms with E-state index in [1.165, 1.54) is 17.7 Å². The van der Waals surface area contributed by atoms with Crippen LogP contribution in [0.4, 0.5) is 16.6 Å². The molecule has 0 bridgehead atoms. The van der Waals surface area contributed by atoms with Crippen molar-refractivity contribution in [3.63, 3.8) is 0 Å². The highest BCUT2D eigenvalue weighted by Gasteiger charge is 2.26. The minimum absolute atomic E-state index is 0.0394. The van der Waals surface area contributed by atoms with Gasteiger partial charge in [-0.1, -0.05) is 6.07 Å². The summed E-state index contributed by atoms with van der Waals surface area (Å²) in [6.45, 7) is 7.73. The topological polar surface area (TPSA) is 103 Å². The van der Waals surface area contributed by atoms with Gasteiger partial charge < -0.3 is 10.1 Å². The Labute approximate surface area is 154 Å². The van der Waals surface area contributed by atoms with Crippen LogP contribution in [0.5, 0.6) is 11.6 Å². The molecule has 2 heterocycles. The van der Waals surface area contributed by atoms with Crippen molar-refractivity contribution in [2.24, 2.45) is 0 Å². The Kier molecular flexibility index (Phi) is 4.81. The standard InChI is InChI=1S/C17H17N5O3S/c1-9-5-6-13(7-10(9)2)25-16-14(22(23)24)15(18-8-19-16)21-17-20-11(3)12(4)26-17/h5-8H,1-4H3,(H,18,19,20,21). The summed E-state index contributed by atoms with van der Waals surface area (Å²) in [5.74, 6) is 0.389. The van der Waals surface area contributed by atoms with Crippen LogP contribution in [0.1, 0.15) is 21.7 Å². The lowest BCUT2D eigenvalue weighted by molar-refractivity contribution is -0.385. The van der Waals surface area contributed by atoms with E-state index in [9.17, 15) is 10.1 Å². The number of ether oxygens (including phenoxy) is 1. The van der Waals surface area contributed by atoms with Crippen molar-refractivity contribution in [3.8, 4) is 11.6 Å². The lowest BCUT2D eigenvalue weighted by Gasteiger charge is -2.09. The number of nitro groups is 1. The lowest BCUT2D eigenvalue weighted by Crippen LogP contribution is -2.03. The molecule has 0 aliphatic carbocycles. The van der Waals surface area contributed by atoms with Crippen LogP contribution in [0, 0.1) is 37.8 Å². The second-order valence-corrected chi connectivity index (χ2v) is 6.97. The largest absolute Gasteiger partial charge is 0.434 e. The Hall–Kier alpha value is -3.07. The van der Waals surface area contributed by atoms with E-state index in [1.54, 1.807) is 6.07 Å². The summed E-state index contributed by atoms with van der Waals surface area (Å²) in [5.41, 5.74) is 2.65. The van der Waals surface area contributed by atoms with Crippen LogP contribution in [0.3, 0.4) is 0 Å². The highest BCUT2D eigenvalue weighted by atomic mass is 32.1. The smallest absolute Gasteiger partial charge is 0.373 e. The Balaban J connectivity index is 1.97. The molecule has 134 valence electrons. The minimum atomic E-state index is -0.563. The average molecular weight is 371 g/mol. The van der Waals surface area contributed by atoms with Gasteiger partial charge in [-0.05, 0) is 51.0 Å². The maximum atomic E-state index is 11.6. The van der Waals surface area contributed by atoms with Crippen LogP contribution in [-0.4, -0.2) is 19.9 Å². The minimum Gasteiger partial charge on any atom is -0.434 e. The van der Waals surface area contributed by atoms with Gasteiger partial charge in [0.25, 0.3) is 0 Å². The number of nitrogens with zero attached hydrogens (tertiary/aromatic N) is 4. The number of nitrogens with one attached hydrogen (secondary N) is 1. The van der Waals surface area contributed by atoms with Crippen molar-refractivity contribution >= 4 is 28.0 Å². The summed E-state index contributed by atoms with van der Waals surface area (Å²) in [6, 6.07) is 5.44. The van der Waals surface area contributed by atoms with Crippen molar-refractivity contribution in [2.45, 2.75) is 27.7 Å². The average Bonchev–Trinajstić information content (AvgIpc) is 2.88. The molecule has 0 saturated carbocycles. The number of hydrogen-bond donors (Lipinski definition) is 1. The van der Waals surface area contributed by atoms with E-state index in [4.69, 9.17) is 4.74 Å². The lowest BCUT2D eigenvalue weighted by atomic mass is 10.1. The number of rotatable bonds is 5. The summed E-state index contributed by atoms with van der Waals surface area (Å²) in [7, 11) is 0. The molecule has 0 aliphatic heterocycles. The predicted octanol–water partition coefficient (Wildman–Crippen LogP) is 4.61. The van der Waals surface area contributed by atoms with Crippen LogP contribution in [0.2, 0.25) is 0 Å². The molecule has 8 nitrogen and oxygen atoms in total. The monoisotopic (exact) mass is 371 g/mol. The zero-order valence-corrected chi connectivity index (χ0v) is 15.5. The molecule has 0 atom stereocenters. The van der Waals surface area contributed by atoms with Gasteiger partial charge in [0, 0.05) is 4.88 Å². The first-order valence-electron chi connectivity index (χ1n) is 7.80. The van der Waals surface area contributed by atoms with Crippen molar-refractivity contribution in [1.29, 1.82) is 0 Å². The van der Waals surface area contributed by atoms with E-state index in [1.807, 2.05) is 39.8 Å². The third kappa shape index (κ3) is 3.62. The van der Waals surface area contributed by atoms with Crippen molar-refractivity contribution in [3.05, 3.63) is 56.3 Å². The van der Waals surface area contributed by atoms with Crippen molar-refractivity contribution in [2.75, 3.05) is 5.32 Å². The number of thiazole rings is 1. The Morgan fingerprint density at radius 1 is 1.15 bits per heavy atom. The fourth-order valence-corrected chi connectivity index (χ4v) is 3.02. The second kappa shape index (κ2) is 7.04. The Morgan fingerprint density at radius 3 is 2.54 bits per heavy atom. The molecule has 26 heavy (non-hydrogen) atoms. The molecule has 0 aliphatic rings. The third-order valence-electron chi connectivity index (χ3n) is 3.92. The number of hydrogen-bond acceptors (Lipinski definition) is 8. The Bertz CT molecular complexity index is 967. The first kappa shape index (κ1) is 17.7. The van der Waals surface area contributed by atoms with Crippen LogP contribution in [-0.2, 0) is 0 Å². The number of benzene rings is 1. The number of aromatic nitrogens is 3. The molecule has 3 rings (SSSR count). The van der Waals surface area contributed by atoms with Crippen molar-refractivity contribution < 1.29 is 9.66 Å². The van der Waals surface area contributed by atoms with E-state index in [-0.39, 0.29) is 17.4 Å². The van der Waals surface area contributed by atoms with Crippen LogP contribution in [0.15, 0.2) is 24.5 Å². The molecular formula is C17H17N5O3S. The summed E-state index contributed by atoms with van der Waals surface area (Å²) in [6.07, 6.45) is 1.22. The maximum Gasteiger partial charge on any atom is 0.373 e. The van der Waals surface area contributed by atoms with E-state index in [2.05, 4.69) is 20.3 Å². The van der Waals surface area contributed by atoms with Gasteiger partial charge in [0.15, 0.2) is 5.13 Å². The normalized spacial score (nSPS) is 10.6. The predicted molar refractivity (Wildman–Crippen MR) is 99.5 cm³/mol. The molecule has 1 aromatic carbocycles. The van der Waals surface area contributed by atoms with Gasteiger partial charge in [-0.25, -0.2) is 9.97 Å². The SMILES string of the molecule is Cc1ccc(Oc2ncnc(Nc3nc(C)c(C)s3)c2[N+](=O)[O-])cc1C. The zero-order valence-electron chi connectivity index (χ0n) is 14.7. The molecule has 2 aromatic heterocycles. The fraction of sp³-hybridized carbons (Fsp3) is 0.235. The van der Waals surface area contributed by atoms with Gasteiger partial charge in [0.1, 0.15) is 12.1 Å². The molecule has 3 aromatic rings. The summed E-state index contributed by atoms with van der Waals surface area (Å²) in [5, 5.41) is 15.0. The third-order valence-corrected chi connectivity index (χ3v) is 4.91. The fourth-order valence-electron chi connectivity index (χ4n) is 2.21. The van der Waals surface area contributed by atoms with Gasteiger partial charge in [-0.2, -0.15) is 4.98 Å². The van der Waals surface area contributed by atoms with Gasteiger partial charge in [0.2, 0.25) is 5.82 Å². The van der Waals surface area contributed by atoms with E-state index >= 15 is 0 Å². The Morgan fingerprint density at radius 2 is 1.92 bits per heavy atom. The van der Waals surface area contributed by atoms with Gasteiger partial charge in [-0.3, -0.25) is 10.1 Å². The highest BCUT2D eigenvalue weighted by Crippen LogP contribution is 2.36. The van der Waals surface area contributed by atoms with Crippen LogP contribution >= 0.6 is 11.3 Å². The van der Waals surface area contributed by atoms with E-state index < -0.39 is 4.92 Å². The van der Waals surface area contributed by atoms with Crippen molar-refractivity contribution in [1.82, 2.24) is 15.0 Å². The zero-order chi connectivity index (χ0) is 18.8. The molecule has 0 unspecified atom stereocenters. The first-order valence-corrected chi connectivity index (χ1v) is 8.62. The summed E-state index contributed by atoms with van der Waals surface area (Å²) >= 11 is 1.40. The molecule has 0 amide bonds. The molecule has 0 fully saturated rings. The first-order chi connectivity index (χ1) is 12.3. The van der Waals surface area contributed by atoms with Crippen LogP contribution < -0.4 is 10.1 Å². The molecule has 0 spiro atoms. The maximum absolute atomic E-state index is 11.6. The van der Waals surface area contributed by atoms with E-state index in [0.29, 0.717) is 10.9 Å². The number of aryl methyl sites for hydroxylation is 4. The second-order valence-electron chi connectivity index (χ2n) is 5.77. The summed E-state index contributed by atoms with van der Waals surface area (Å²) in [4.78, 5) is 24.3. The summed E-state index contributed by atoms with van der Waals surface area (Å²) < 4.78 is 5.66. The molecule has 0 saturated heterocycles. The molecule has 9 heteroatoms. The van der Waals surface area contributed by atoms with Gasteiger partial charge in [-0.15, -0.1) is 11.3 Å². The van der Waals surface area contributed by atoms with Gasteiger partial charge in [0.05, 0.1) is 10.6 Å². The quantitative estimate of drug-likeness (QED) is 0.516. The number of anilines is 2. The molecule has 0 radical (unpaired) electrons. The van der Waals surface area contributed by atoms with Gasteiger partial charge >= 0.3 is 11.6 Å². The molecule has 1 N–H and O–H groups in total. The van der Waals surface area contributed by atoms with Crippen LogP contribution in [0.25, 0.3) is 0 Å². The van der Waals surface area contributed by atoms with E-state index in [0.717, 1.165) is 21.7 Å². The molecular weight excluding hydrogens is 354 g/mol. The highest BCUT2D eigenvalue weighted by molar-refractivity contribution is 7.15.